The molecule has 11 heteroatoms. The summed E-state index contributed by atoms with van der Waals surface area (Å²) in [5, 5.41) is 10.2. The van der Waals surface area contributed by atoms with Crippen molar-refractivity contribution in [2.45, 2.75) is 45.3 Å². The van der Waals surface area contributed by atoms with Crippen molar-refractivity contribution in [3.05, 3.63) is 109 Å². The van der Waals surface area contributed by atoms with E-state index in [0.29, 0.717) is 37.0 Å². The minimum Gasteiger partial charge on any atom is -0.360 e. The highest BCUT2D eigenvalue weighted by atomic mass is 28.3. The Morgan fingerprint density at radius 3 is 2.39 bits per heavy atom. The van der Waals surface area contributed by atoms with Crippen LogP contribution in [0.1, 0.15) is 22.5 Å². The fraction of sp³-hybridized carbons (Fsp3) is 0.242. The lowest BCUT2D eigenvalue weighted by molar-refractivity contribution is -0.116. The van der Waals surface area contributed by atoms with Crippen molar-refractivity contribution in [3.63, 3.8) is 0 Å². The molecule has 0 aliphatic rings. The van der Waals surface area contributed by atoms with E-state index < -0.39 is 8.07 Å². The molecule has 0 fully saturated rings. The molecule has 0 aliphatic carbocycles. The zero-order chi connectivity index (χ0) is 30.9. The Morgan fingerprint density at radius 2 is 1.64 bits per heavy atom. The Bertz CT molecular complexity index is 1700. The Kier molecular flexibility index (Phi) is 9.78. The summed E-state index contributed by atoms with van der Waals surface area (Å²) in [6.07, 6.45) is 9.34. The standard InChI is InChI=1S/C33H37N7O3Si/c1-44(2,3)17-16-43-24-39-22-27(21-35-39)25-18-26(20-34-19-25)32(42)38-33-37-29(23-40(33)30-12-8-5-9-13-30)14-15-31(41)36-28-10-6-4-7-11-28/h4-13,18-23H,14-17,24H2,1-3H3,(H,36,41)(H,37,38,42). The van der Waals surface area contributed by atoms with Gasteiger partial charge in [0.1, 0.15) is 6.73 Å². The number of nitrogens with zero attached hydrogens (tertiary/aromatic N) is 5. The van der Waals surface area contributed by atoms with E-state index in [4.69, 9.17) is 4.74 Å². The van der Waals surface area contributed by atoms with E-state index in [-0.39, 0.29) is 18.2 Å². The number of imidazole rings is 1. The van der Waals surface area contributed by atoms with Crippen LogP contribution in [0.5, 0.6) is 0 Å². The smallest absolute Gasteiger partial charge is 0.259 e. The number of benzene rings is 2. The molecule has 0 aliphatic heterocycles. The zero-order valence-corrected chi connectivity index (χ0v) is 26.2. The quantitative estimate of drug-likeness (QED) is 0.120. The second-order valence-electron chi connectivity index (χ2n) is 11.7. The molecule has 0 spiro atoms. The van der Waals surface area contributed by atoms with Gasteiger partial charge in [0.2, 0.25) is 11.9 Å². The van der Waals surface area contributed by atoms with Crippen molar-refractivity contribution >= 4 is 31.5 Å². The fourth-order valence-corrected chi connectivity index (χ4v) is 5.18. The molecule has 3 heterocycles. The van der Waals surface area contributed by atoms with Gasteiger partial charge in [0, 0.05) is 74.8 Å². The number of aryl methyl sites for hydroxylation is 1. The monoisotopic (exact) mass is 607 g/mol. The number of hydrogen-bond donors (Lipinski definition) is 2. The number of amides is 2. The summed E-state index contributed by atoms with van der Waals surface area (Å²) in [6.45, 7) is 8.04. The topological polar surface area (TPSA) is 116 Å². The van der Waals surface area contributed by atoms with Gasteiger partial charge in [-0.1, -0.05) is 56.0 Å². The first-order valence-corrected chi connectivity index (χ1v) is 18.3. The largest absolute Gasteiger partial charge is 0.360 e. The number of carbonyl (C=O) groups is 2. The summed E-state index contributed by atoms with van der Waals surface area (Å²) in [6, 6.07) is 21.8. The SMILES string of the molecule is C[Si](C)(C)CCOCn1cc(-c2cncc(C(=O)Nc3nc(CCC(=O)Nc4ccccc4)cn3-c3ccccc3)c2)cn1. The number of hydrogen-bond acceptors (Lipinski definition) is 6. The molecule has 5 rings (SSSR count). The predicted molar refractivity (Wildman–Crippen MR) is 174 cm³/mol. The molecule has 2 N–H and O–H groups in total. The molecule has 0 saturated heterocycles. The molecule has 0 unspecified atom stereocenters. The van der Waals surface area contributed by atoms with Gasteiger partial charge in [-0.05, 0) is 36.4 Å². The molecule has 226 valence electrons. The summed E-state index contributed by atoms with van der Waals surface area (Å²) >= 11 is 0. The predicted octanol–water partition coefficient (Wildman–Crippen LogP) is 6.27. The Labute approximate surface area is 258 Å². The number of ether oxygens (including phenoxy) is 1. The third-order valence-corrected chi connectivity index (χ3v) is 8.57. The summed E-state index contributed by atoms with van der Waals surface area (Å²) in [4.78, 5) is 34.9. The molecular weight excluding hydrogens is 570 g/mol. The number of para-hydroxylation sites is 2. The molecule has 44 heavy (non-hydrogen) atoms. The van der Waals surface area contributed by atoms with Gasteiger partial charge in [-0.25, -0.2) is 9.67 Å². The first-order chi connectivity index (χ1) is 21.2. The van der Waals surface area contributed by atoms with E-state index in [2.05, 4.69) is 45.3 Å². The minimum absolute atomic E-state index is 0.111. The molecule has 10 nitrogen and oxygen atoms in total. The third-order valence-electron chi connectivity index (χ3n) is 6.87. The van der Waals surface area contributed by atoms with Gasteiger partial charge in [0.05, 0.1) is 17.5 Å². The van der Waals surface area contributed by atoms with Crippen molar-refractivity contribution in [1.82, 2.24) is 24.3 Å². The molecule has 3 aromatic heterocycles. The molecule has 0 saturated carbocycles. The number of anilines is 2. The maximum Gasteiger partial charge on any atom is 0.259 e. The molecule has 5 aromatic rings. The van der Waals surface area contributed by atoms with Crippen molar-refractivity contribution in [3.8, 4) is 16.8 Å². The van der Waals surface area contributed by atoms with E-state index in [0.717, 1.165) is 28.5 Å². The average Bonchev–Trinajstić information content (AvgIpc) is 3.66. The highest BCUT2D eigenvalue weighted by Gasteiger charge is 2.17. The molecule has 0 atom stereocenters. The van der Waals surface area contributed by atoms with Gasteiger partial charge in [-0.2, -0.15) is 5.10 Å². The van der Waals surface area contributed by atoms with Crippen molar-refractivity contribution in [2.24, 2.45) is 0 Å². The van der Waals surface area contributed by atoms with Crippen molar-refractivity contribution in [2.75, 3.05) is 17.2 Å². The molecule has 0 radical (unpaired) electrons. The normalized spacial score (nSPS) is 11.3. The maximum atomic E-state index is 13.4. The molecule has 0 bridgehead atoms. The Hall–Kier alpha value is -4.87. The van der Waals surface area contributed by atoms with E-state index in [9.17, 15) is 9.59 Å². The number of nitrogens with one attached hydrogen (secondary N) is 2. The number of pyridine rings is 1. The maximum absolute atomic E-state index is 13.4. The molecule has 2 aromatic carbocycles. The minimum atomic E-state index is -1.16. The van der Waals surface area contributed by atoms with Gasteiger partial charge >= 0.3 is 0 Å². The van der Waals surface area contributed by atoms with E-state index in [1.54, 1.807) is 23.1 Å². The van der Waals surface area contributed by atoms with E-state index in [1.807, 2.05) is 77.6 Å². The van der Waals surface area contributed by atoms with Crippen LogP contribution >= 0.6 is 0 Å². The van der Waals surface area contributed by atoms with Gasteiger partial charge in [-0.15, -0.1) is 0 Å². The third kappa shape index (κ3) is 8.59. The van der Waals surface area contributed by atoms with Gasteiger partial charge < -0.3 is 10.1 Å². The summed E-state index contributed by atoms with van der Waals surface area (Å²) < 4.78 is 9.36. The van der Waals surface area contributed by atoms with Gasteiger partial charge in [0.25, 0.3) is 5.91 Å². The lowest BCUT2D eigenvalue weighted by atomic mass is 10.1. The van der Waals surface area contributed by atoms with Crippen LogP contribution in [0, 0.1) is 0 Å². The second kappa shape index (κ2) is 14.1. The highest BCUT2D eigenvalue weighted by Crippen LogP contribution is 2.22. The zero-order valence-electron chi connectivity index (χ0n) is 25.2. The first-order valence-electron chi connectivity index (χ1n) is 14.6. The highest BCUT2D eigenvalue weighted by molar-refractivity contribution is 6.76. The van der Waals surface area contributed by atoms with Gasteiger partial charge in [-0.3, -0.25) is 24.5 Å². The lowest BCUT2D eigenvalue weighted by Crippen LogP contribution is -2.22. The summed E-state index contributed by atoms with van der Waals surface area (Å²) in [5.41, 5.74) is 4.24. The Morgan fingerprint density at radius 1 is 0.886 bits per heavy atom. The van der Waals surface area contributed by atoms with Crippen LogP contribution in [0.2, 0.25) is 25.7 Å². The van der Waals surface area contributed by atoms with Gasteiger partial charge in [0.15, 0.2) is 0 Å². The first kappa shape index (κ1) is 30.6. The van der Waals surface area contributed by atoms with Crippen LogP contribution in [0.25, 0.3) is 16.8 Å². The fourth-order valence-electron chi connectivity index (χ4n) is 4.42. The molecular formula is C33H37N7O3Si. The van der Waals surface area contributed by atoms with Crippen molar-refractivity contribution in [1.29, 1.82) is 0 Å². The van der Waals surface area contributed by atoms with Crippen LogP contribution in [-0.2, 0) is 22.7 Å². The Balaban J connectivity index is 1.27. The van der Waals surface area contributed by atoms with Crippen LogP contribution < -0.4 is 10.6 Å². The van der Waals surface area contributed by atoms with Crippen LogP contribution in [0.15, 0.2) is 97.7 Å². The van der Waals surface area contributed by atoms with Crippen LogP contribution in [-0.4, -0.2) is 50.8 Å². The van der Waals surface area contributed by atoms with E-state index >= 15 is 0 Å². The molecule has 2 amide bonds. The number of rotatable bonds is 13. The number of aromatic nitrogens is 5. The summed E-state index contributed by atoms with van der Waals surface area (Å²) in [5.74, 6) is -0.105. The van der Waals surface area contributed by atoms with Crippen molar-refractivity contribution < 1.29 is 14.3 Å². The van der Waals surface area contributed by atoms with Crippen LogP contribution in [0.4, 0.5) is 11.6 Å². The second-order valence-corrected chi connectivity index (χ2v) is 17.3. The average molecular weight is 608 g/mol. The number of carbonyl (C=O) groups excluding carboxylic acids is 2. The van der Waals surface area contributed by atoms with Crippen LogP contribution in [0.3, 0.4) is 0 Å². The lowest BCUT2D eigenvalue weighted by Gasteiger charge is -2.15. The summed E-state index contributed by atoms with van der Waals surface area (Å²) in [7, 11) is -1.16. The van der Waals surface area contributed by atoms with E-state index in [1.165, 1.54) is 6.20 Å².